The Balaban J connectivity index is 1.55. The predicted molar refractivity (Wildman–Crippen MR) is 119 cm³/mol. The van der Waals surface area contributed by atoms with Crippen LogP contribution in [0.4, 0.5) is 15.8 Å². The van der Waals surface area contributed by atoms with Crippen molar-refractivity contribution in [2.75, 3.05) is 23.7 Å². The normalized spacial score (nSPS) is 17.1. The van der Waals surface area contributed by atoms with Crippen molar-refractivity contribution in [3.05, 3.63) is 53.3 Å². The lowest BCUT2D eigenvalue weighted by Crippen LogP contribution is -2.36. The topological polar surface area (TPSA) is 95.6 Å². The zero-order valence-corrected chi connectivity index (χ0v) is 18.7. The molecule has 0 atom stereocenters. The second kappa shape index (κ2) is 8.99. The zero-order valence-electron chi connectivity index (χ0n) is 17.9. The third-order valence-electron chi connectivity index (χ3n) is 5.83. The van der Waals surface area contributed by atoms with Crippen molar-refractivity contribution < 1.29 is 22.4 Å². The summed E-state index contributed by atoms with van der Waals surface area (Å²) in [5.74, 6) is -1.44. The standard InChI is InChI=1S/C23H26FN3O4S/c1-15-5-9-18(25-22(28)16-6-7-16)14-20(15)26-23(29)17-8-10-19(24)21(13-17)32(30,31)27-11-3-2-4-12-27/h5,8-10,13-14,16H,2-4,6-7,11-12H2,1H3,(H,25,28)(H,26,29). The molecule has 170 valence electrons. The number of rotatable bonds is 6. The quantitative estimate of drug-likeness (QED) is 0.685. The van der Waals surface area contributed by atoms with E-state index >= 15 is 0 Å². The second-order valence-electron chi connectivity index (χ2n) is 8.36. The molecule has 0 aromatic heterocycles. The fraction of sp³-hybridized carbons (Fsp3) is 0.391. The molecule has 0 radical (unpaired) electrons. The van der Waals surface area contributed by atoms with Gasteiger partial charge in [-0.1, -0.05) is 12.5 Å². The van der Waals surface area contributed by atoms with Gasteiger partial charge in [0.2, 0.25) is 15.9 Å². The molecule has 32 heavy (non-hydrogen) atoms. The molecule has 2 aliphatic rings. The summed E-state index contributed by atoms with van der Waals surface area (Å²) in [6.45, 7) is 2.49. The summed E-state index contributed by atoms with van der Waals surface area (Å²) >= 11 is 0. The Morgan fingerprint density at radius 3 is 2.41 bits per heavy atom. The van der Waals surface area contributed by atoms with Gasteiger partial charge in [0.1, 0.15) is 10.7 Å². The van der Waals surface area contributed by atoms with Crippen molar-refractivity contribution in [3.63, 3.8) is 0 Å². The number of carbonyl (C=O) groups is 2. The minimum absolute atomic E-state index is 0.0359. The molecule has 0 bridgehead atoms. The highest BCUT2D eigenvalue weighted by Gasteiger charge is 2.30. The van der Waals surface area contributed by atoms with Gasteiger partial charge in [-0.15, -0.1) is 0 Å². The third-order valence-corrected chi connectivity index (χ3v) is 7.74. The molecule has 9 heteroatoms. The van der Waals surface area contributed by atoms with Gasteiger partial charge in [-0.25, -0.2) is 12.8 Å². The summed E-state index contributed by atoms with van der Waals surface area (Å²) in [6, 6.07) is 8.53. The highest BCUT2D eigenvalue weighted by Crippen LogP contribution is 2.31. The lowest BCUT2D eigenvalue weighted by atomic mass is 10.1. The van der Waals surface area contributed by atoms with Gasteiger partial charge in [0, 0.05) is 35.9 Å². The van der Waals surface area contributed by atoms with Crippen molar-refractivity contribution in [2.45, 2.75) is 43.9 Å². The zero-order chi connectivity index (χ0) is 22.9. The first-order chi connectivity index (χ1) is 15.3. The molecule has 1 saturated carbocycles. The Kier molecular flexibility index (Phi) is 6.30. The monoisotopic (exact) mass is 459 g/mol. The van der Waals surface area contributed by atoms with Crippen LogP contribution in [0.15, 0.2) is 41.3 Å². The number of aryl methyl sites for hydroxylation is 1. The number of hydrogen-bond donors (Lipinski definition) is 2. The first-order valence-electron chi connectivity index (χ1n) is 10.8. The van der Waals surface area contributed by atoms with E-state index in [0.29, 0.717) is 24.5 Å². The van der Waals surface area contributed by atoms with E-state index in [9.17, 15) is 22.4 Å². The molecule has 2 aromatic rings. The van der Waals surface area contributed by atoms with Crippen molar-refractivity contribution in [1.29, 1.82) is 0 Å². The number of anilines is 2. The van der Waals surface area contributed by atoms with Gasteiger partial charge in [-0.2, -0.15) is 4.31 Å². The first kappa shape index (κ1) is 22.4. The fourth-order valence-corrected chi connectivity index (χ4v) is 5.31. The minimum Gasteiger partial charge on any atom is -0.326 e. The summed E-state index contributed by atoms with van der Waals surface area (Å²) in [6.07, 6.45) is 4.17. The number of benzene rings is 2. The van der Waals surface area contributed by atoms with E-state index in [2.05, 4.69) is 10.6 Å². The fourth-order valence-electron chi connectivity index (χ4n) is 3.71. The average Bonchev–Trinajstić information content (AvgIpc) is 3.62. The van der Waals surface area contributed by atoms with Crippen LogP contribution in [0.1, 0.15) is 48.0 Å². The molecular formula is C23H26FN3O4S. The van der Waals surface area contributed by atoms with Crippen LogP contribution < -0.4 is 10.6 Å². The van der Waals surface area contributed by atoms with E-state index in [1.165, 1.54) is 10.4 Å². The van der Waals surface area contributed by atoms with Crippen LogP contribution >= 0.6 is 0 Å². The highest BCUT2D eigenvalue weighted by molar-refractivity contribution is 7.89. The Bertz CT molecular complexity index is 1160. The van der Waals surface area contributed by atoms with Gasteiger partial charge in [-0.3, -0.25) is 9.59 Å². The molecule has 7 nitrogen and oxygen atoms in total. The van der Waals surface area contributed by atoms with Crippen LogP contribution in [0, 0.1) is 18.7 Å². The van der Waals surface area contributed by atoms with E-state index in [4.69, 9.17) is 0 Å². The molecule has 1 saturated heterocycles. The smallest absolute Gasteiger partial charge is 0.255 e. The average molecular weight is 460 g/mol. The van der Waals surface area contributed by atoms with E-state index in [1.54, 1.807) is 25.1 Å². The lowest BCUT2D eigenvalue weighted by Gasteiger charge is -2.26. The summed E-state index contributed by atoms with van der Waals surface area (Å²) in [5, 5.41) is 5.57. The molecular weight excluding hydrogens is 433 g/mol. The number of nitrogens with zero attached hydrogens (tertiary/aromatic N) is 1. The Morgan fingerprint density at radius 1 is 1.00 bits per heavy atom. The Morgan fingerprint density at radius 2 is 1.72 bits per heavy atom. The van der Waals surface area contributed by atoms with E-state index in [-0.39, 0.29) is 17.4 Å². The van der Waals surface area contributed by atoms with Crippen LogP contribution in [0.25, 0.3) is 0 Å². The molecule has 0 spiro atoms. The molecule has 1 aliphatic carbocycles. The van der Waals surface area contributed by atoms with Gasteiger partial charge in [-0.05, 0) is 68.5 Å². The van der Waals surface area contributed by atoms with Crippen LogP contribution in [0.2, 0.25) is 0 Å². The first-order valence-corrected chi connectivity index (χ1v) is 12.2. The van der Waals surface area contributed by atoms with Crippen LogP contribution in [0.5, 0.6) is 0 Å². The summed E-state index contributed by atoms with van der Waals surface area (Å²) in [7, 11) is -4.02. The molecule has 1 heterocycles. The molecule has 2 fully saturated rings. The van der Waals surface area contributed by atoms with Gasteiger partial charge >= 0.3 is 0 Å². The number of halogens is 1. The number of amides is 2. The SMILES string of the molecule is Cc1ccc(NC(=O)C2CC2)cc1NC(=O)c1ccc(F)c(S(=O)(=O)N2CCCCC2)c1. The summed E-state index contributed by atoms with van der Waals surface area (Å²) in [4.78, 5) is 24.4. The molecule has 2 N–H and O–H groups in total. The minimum atomic E-state index is -4.02. The van der Waals surface area contributed by atoms with Gasteiger partial charge in [0.25, 0.3) is 5.91 Å². The molecule has 1 aliphatic heterocycles. The maximum atomic E-state index is 14.4. The molecule has 4 rings (SSSR count). The molecule has 2 aromatic carbocycles. The predicted octanol–water partition coefficient (Wildman–Crippen LogP) is 3.91. The Hall–Kier alpha value is -2.78. The number of hydrogen-bond acceptors (Lipinski definition) is 4. The number of sulfonamides is 1. The summed E-state index contributed by atoms with van der Waals surface area (Å²) in [5.41, 5.74) is 1.85. The maximum absolute atomic E-state index is 14.4. The Labute approximate surface area is 187 Å². The summed E-state index contributed by atoms with van der Waals surface area (Å²) < 4.78 is 41.5. The van der Waals surface area contributed by atoms with Crippen LogP contribution in [0.3, 0.4) is 0 Å². The third kappa shape index (κ3) is 4.83. The van der Waals surface area contributed by atoms with Gasteiger partial charge < -0.3 is 10.6 Å². The van der Waals surface area contributed by atoms with E-state index < -0.39 is 26.6 Å². The van der Waals surface area contributed by atoms with Gasteiger partial charge in [0.05, 0.1) is 0 Å². The second-order valence-corrected chi connectivity index (χ2v) is 10.3. The van der Waals surface area contributed by atoms with Crippen molar-refractivity contribution >= 4 is 33.2 Å². The number of piperidine rings is 1. The van der Waals surface area contributed by atoms with E-state index in [0.717, 1.165) is 49.8 Å². The maximum Gasteiger partial charge on any atom is 0.255 e. The van der Waals surface area contributed by atoms with E-state index in [1.807, 2.05) is 0 Å². The van der Waals surface area contributed by atoms with Crippen molar-refractivity contribution in [2.24, 2.45) is 5.92 Å². The largest absolute Gasteiger partial charge is 0.326 e. The highest BCUT2D eigenvalue weighted by atomic mass is 32.2. The van der Waals surface area contributed by atoms with Crippen LogP contribution in [-0.4, -0.2) is 37.6 Å². The van der Waals surface area contributed by atoms with Crippen LogP contribution in [-0.2, 0) is 14.8 Å². The molecule has 2 amide bonds. The lowest BCUT2D eigenvalue weighted by molar-refractivity contribution is -0.117. The van der Waals surface area contributed by atoms with Crippen molar-refractivity contribution in [1.82, 2.24) is 4.31 Å². The number of carbonyl (C=O) groups excluding carboxylic acids is 2. The number of nitrogens with one attached hydrogen (secondary N) is 2. The van der Waals surface area contributed by atoms with Crippen molar-refractivity contribution in [3.8, 4) is 0 Å². The molecule has 0 unspecified atom stereocenters. The van der Waals surface area contributed by atoms with Gasteiger partial charge in [0.15, 0.2) is 0 Å².